The summed E-state index contributed by atoms with van der Waals surface area (Å²) in [7, 11) is 1.35. The van der Waals surface area contributed by atoms with Crippen LogP contribution < -0.4 is 0 Å². The number of non-ortho nitro benzene ring substituents is 1. The molecular weight excluding hydrogens is 321 g/mol. The van der Waals surface area contributed by atoms with Gasteiger partial charge in [-0.05, 0) is 12.5 Å². The van der Waals surface area contributed by atoms with Gasteiger partial charge >= 0.3 is 5.97 Å². The summed E-state index contributed by atoms with van der Waals surface area (Å²) in [5.74, 6) is -2.44. The molecule has 1 atom stereocenters. The molecule has 24 heavy (non-hydrogen) atoms. The number of carbonyl (C=O) groups excluding carboxylic acids is 2. The topological polar surface area (TPSA) is 133 Å². The van der Waals surface area contributed by atoms with Gasteiger partial charge in [-0.15, -0.1) is 5.06 Å². The second-order valence-corrected chi connectivity index (χ2v) is 5.14. The van der Waals surface area contributed by atoms with E-state index in [-0.39, 0.29) is 12.0 Å². The van der Waals surface area contributed by atoms with Gasteiger partial charge in [0, 0.05) is 18.1 Å². The van der Waals surface area contributed by atoms with Crippen LogP contribution in [-0.4, -0.2) is 34.6 Å². The highest BCUT2D eigenvalue weighted by molar-refractivity contribution is 6.23. The maximum absolute atomic E-state index is 12.2. The summed E-state index contributed by atoms with van der Waals surface area (Å²) in [5.41, 5.74) is -0.763. The number of carbonyl (C=O) groups is 2. The van der Waals surface area contributed by atoms with Crippen molar-refractivity contribution < 1.29 is 24.3 Å². The predicted molar refractivity (Wildman–Crippen MR) is 82.3 cm³/mol. The lowest BCUT2D eigenvalue weighted by molar-refractivity contribution is -0.394. The fourth-order valence-corrected chi connectivity index (χ4v) is 2.21. The molecule has 1 aliphatic heterocycles. The fraction of sp³-hybridized carbons (Fsp3) is 0.231. The lowest BCUT2D eigenvalue weighted by Gasteiger charge is -2.18. The number of benzene rings is 1. The Morgan fingerprint density at radius 2 is 1.96 bits per heavy atom. The van der Waals surface area contributed by atoms with Gasteiger partial charge in [0.1, 0.15) is 7.85 Å². The molecule has 124 valence electrons. The molecule has 0 bridgehead atoms. The van der Waals surface area contributed by atoms with Gasteiger partial charge in [0.15, 0.2) is 0 Å². The van der Waals surface area contributed by atoms with Crippen molar-refractivity contribution in [2.24, 2.45) is 0 Å². The van der Waals surface area contributed by atoms with E-state index in [1.165, 1.54) is 7.85 Å². The third-order valence-corrected chi connectivity index (χ3v) is 3.56. The number of nitro groups is 2. The van der Waals surface area contributed by atoms with Gasteiger partial charge in [-0.2, -0.15) is 0 Å². The molecular formula is C13H12BN3O7. The molecule has 2 rings (SSSR count). The summed E-state index contributed by atoms with van der Waals surface area (Å²) in [6, 6.07) is 2.97. The summed E-state index contributed by atoms with van der Waals surface area (Å²) in [6.07, 6.45) is 0.524. The third kappa shape index (κ3) is 3.24. The van der Waals surface area contributed by atoms with Crippen LogP contribution in [-0.2, 0) is 14.4 Å². The molecule has 1 heterocycles. The van der Waals surface area contributed by atoms with E-state index in [2.05, 4.69) is 6.58 Å². The van der Waals surface area contributed by atoms with E-state index in [1.54, 1.807) is 0 Å². The Hall–Kier alpha value is -3.24. The van der Waals surface area contributed by atoms with Gasteiger partial charge in [0.25, 0.3) is 17.3 Å². The van der Waals surface area contributed by atoms with Crippen LogP contribution in [0.1, 0.15) is 24.2 Å². The first-order chi connectivity index (χ1) is 11.2. The van der Waals surface area contributed by atoms with E-state index in [9.17, 15) is 29.8 Å². The van der Waals surface area contributed by atoms with Crippen LogP contribution in [0.2, 0.25) is 0 Å². The highest BCUT2D eigenvalue weighted by Crippen LogP contribution is 2.31. The van der Waals surface area contributed by atoms with Gasteiger partial charge in [0.05, 0.1) is 27.4 Å². The van der Waals surface area contributed by atoms with Gasteiger partial charge in [-0.25, -0.2) is 4.79 Å². The predicted octanol–water partition coefficient (Wildman–Crippen LogP) is 0.771. The molecule has 1 aromatic carbocycles. The average Bonchev–Trinajstić information content (AvgIpc) is 2.85. The van der Waals surface area contributed by atoms with Crippen molar-refractivity contribution in [3.8, 4) is 0 Å². The zero-order valence-electron chi connectivity index (χ0n) is 12.6. The Balaban J connectivity index is 2.28. The van der Waals surface area contributed by atoms with E-state index in [4.69, 9.17) is 4.84 Å². The number of amides is 1. The van der Waals surface area contributed by atoms with Crippen molar-refractivity contribution >= 4 is 31.1 Å². The lowest BCUT2D eigenvalue weighted by Crippen LogP contribution is -2.30. The maximum Gasteiger partial charge on any atom is 0.332 e. The summed E-state index contributed by atoms with van der Waals surface area (Å²) in [6.45, 7) is 3.59. The lowest BCUT2D eigenvalue weighted by atomic mass is 9.80. The number of allylic oxidation sites excluding steroid dienone is 1. The van der Waals surface area contributed by atoms with E-state index < -0.39 is 38.9 Å². The molecule has 0 aliphatic carbocycles. The van der Waals surface area contributed by atoms with Crippen LogP contribution in [0, 0.1) is 20.2 Å². The Labute approximate surface area is 136 Å². The summed E-state index contributed by atoms with van der Waals surface area (Å²) in [5, 5.41) is 22.6. The van der Waals surface area contributed by atoms with E-state index in [0.29, 0.717) is 12.1 Å². The first kappa shape index (κ1) is 17.1. The minimum atomic E-state index is -1.10. The maximum atomic E-state index is 12.2. The van der Waals surface area contributed by atoms with Gasteiger partial charge in [-0.3, -0.25) is 25.0 Å². The third-order valence-electron chi connectivity index (χ3n) is 3.56. The molecule has 0 spiro atoms. The second-order valence-electron chi connectivity index (χ2n) is 5.14. The van der Waals surface area contributed by atoms with Crippen molar-refractivity contribution in [3.63, 3.8) is 0 Å². The van der Waals surface area contributed by atoms with Crippen LogP contribution in [0.3, 0.4) is 0 Å². The Morgan fingerprint density at radius 3 is 2.46 bits per heavy atom. The molecule has 1 unspecified atom stereocenters. The van der Waals surface area contributed by atoms with Gasteiger partial charge in [0.2, 0.25) is 0 Å². The molecule has 0 saturated carbocycles. The quantitative estimate of drug-likeness (QED) is 0.441. The molecule has 1 aromatic rings. The fourth-order valence-electron chi connectivity index (χ4n) is 2.21. The van der Waals surface area contributed by atoms with Gasteiger partial charge < -0.3 is 4.84 Å². The smallest absolute Gasteiger partial charge is 0.332 e. The monoisotopic (exact) mass is 333 g/mol. The van der Waals surface area contributed by atoms with Crippen molar-refractivity contribution in [1.29, 1.82) is 0 Å². The molecule has 11 heteroatoms. The first-order valence-electron chi connectivity index (χ1n) is 6.87. The highest BCUT2D eigenvalue weighted by Gasteiger charge is 2.33. The number of hydroxylamine groups is 2. The second kappa shape index (κ2) is 6.48. The zero-order chi connectivity index (χ0) is 18.0. The normalized spacial score (nSPS) is 15.2. The van der Waals surface area contributed by atoms with Crippen molar-refractivity contribution in [2.45, 2.75) is 18.7 Å². The average molecular weight is 333 g/mol. The Kier molecular flexibility index (Phi) is 4.63. The first-order valence-corrected chi connectivity index (χ1v) is 6.87. The Morgan fingerprint density at radius 1 is 1.29 bits per heavy atom. The molecule has 1 saturated heterocycles. The molecule has 0 N–H and O–H groups in total. The molecule has 1 fully saturated rings. The van der Waals surface area contributed by atoms with Crippen molar-refractivity contribution in [2.75, 3.05) is 0 Å². The summed E-state index contributed by atoms with van der Waals surface area (Å²) >= 11 is 0. The summed E-state index contributed by atoms with van der Waals surface area (Å²) in [4.78, 5) is 49.0. The minimum absolute atomic E-state index is 0.0483. The van der Waals surface area contributed by atoms with E-state index in [1.807, 2.05) is 0 Å². The standard InChI is InChI=1S/C13H12BN3O7/c1-7-2-5-11(18)15(7)24-13(19)12(14)9-4-3-8(16(20)21)6-10(9)17(22)23/h3-4,6,12H,1-2,5,14H2. The van der Waals surface area contributed by atoms with Gasteiger partial charge in [-0.1, -0.05) is 6.58 Å². The molecule has 0 radical (unpaired) electrons. The van der Waals surface area contributed by atoms with Crippen LogP contribution in [0.15, 0.2) is 30.5 Å². The molecule has 1 aliphatic rings. The van der Waals surface area contributed by atoms with Crippen molar-refractivity contribution in [3.05, 3.63) is 56.3 Å². The number of nitro benzene ring substituents is 2. The number of hydrogen-bond donors (Lipinski definition) is 0. The zero-order valence-corrected chi connectivity index (χ0v) is 12.6. The van der Waals surface area contributed by atoms with Crippen molar-refractivity contribution in [1.82, 2.24) is 5.06 Å². The molecule has 0 aromatic heterocycles. The molecule has 1 amide bonds. The highest BCUT2D eigenvalue weighted by atomic mass is 16.7. The summed E-state index contributed by atoms with van der Waals surface area (Å²) < 4.78 is 0. The largest absolute Gasteiger partial charge is 0.334 e. The number of rotatable bonds is 5. The van der Waals surface area contributed by atoms with E-state index in [0.717, 1.165) is 23.3 Å². The number of hydrogen-bond acceptors (Lipinski definition) is 7. The molecule has 10 nitrogen and oxygen atoms in total. The van der Waals surface area contributed by atoms with Crippen LogP contribution in [0.5, 0.6) is 0 Å². The SMILES string of the molecule is BC(C(=O)ON1C(=C)CCC1=O)c1ccc([N+](=O)[O-])cc1[N+](=O)[O-]. The number of nitrogens with zero attached hydrogens (tertiary/aromatic N) is 3. The minimum Gasteiger partial charge on any atom is -0.334 e. The van der Waals surface area contributed by atoms with Crippen LogP contribution in [0.4, 0.5) is 11.4 Å². The van der Waals surface area contributed by atoms with Crippen LogP contribution >= 0.6 is 0 Å². The van der Waals surface area contributed by atoms with E-state index >= 15 is 0 Å². The van der Waals surface area contributed by atoms with Crippen LogP contribution in [0.25, 0.3) is 0 Å². The Bertz CT molecular complexity index is 748.